The standard InChI is InChI=1S/C45H32S/c1-45(2)38-21-11-9-20-35(38)44-30-15-4-3-13-28(30)37(26-39(44)45)43-33-18-7-5-16-31(33)42(32-17-6-8-19-34(32)43)27-23-24-41-36(25-27)29-14-10-12-22-40(29)46-41/h3-11,13-21,23-26H,12,22H2,1-2H3. The second-order valence-electron chi connectivity index (χ2n) is 13.5. The highest BCUT2D eigenvalue weighted by molar-refractivity contribution is 7.19. The van der Waals surface area contributed by atoms with Crippen LogP contribution in [0.4, 0.5) is 0 Å². The van der Waals surface area contributed by atoms with E-state index in [1.165, 1.54) is 97.4 Å². The van der Waals surface area contributed by atoms with Gasteiger partial charge >= 0.3 is 0 Å². The lowest BCUT2D eigenvalue weighted by atomic mass is 9.79. The molecule has 0 saturated carbocycles. The van der Waals surface area contributed by atoms with Crippen LogP contribution >= 0.6 is 11.3 Å². The SMILES string of the molecule is CC1(C)c2ccccc2-c2c1cc(-c1c3ccccc3c(-c3ccc4sc5c(c4c3)C=CCC5)c3ccccc13)c1ccccc21. The number of hydrogen-bond donors (Lipinski definition) is 0. The minimum atomic E-state index is -0.0835. The molecule has 46 heavy (non-hydrogen) atoms. The normalized spacial score (nSPS) is 14.7. The summed E-state index contributed by atoms with van der Waals surface area (Å²) in [5.41, 5.74) is 12.2. The highest BCUT2D eigenvalue weighted by Gasteiger charge is 2.37. The average Bonchev–Trinajstić information content (AvgIpc) is 3.58. The number of rotatable bonds is 2. The van der Waals surface area contributed by atoms with Crippen molar-refractivity contribution in [2.45, 2.75) is 32.1 Å². The molecule has 7 aromatic carbocycles. The summed E-state index contributed by atoms with van der Waals surface area (Å²) >= 11 is 1.97. The van der Waals surface area contributed by atoms with Crippen molar-refractivity contribution in [2.24, 2.45) is 0 Å². The van der Waals surface area contributed by atoms with Gasteiger partial charge in [-0.15, -0.1) is 11.3 Å². The lowest BCUT2D eigenvalue weighted by Crippen LogP contribution is -2.15. The summed E-state index contributed by atoms with van der Waals surface area (Å²) in [5.74, 6) is 0. The van der Waals surface area contributed by atoms with Crippen LogP contribution in [-0.2, 0) is 11.8 Å². The largest absolute Gasteiger partial charge is 0.140 e. The van der Waals surface area contributed by atoms with Gasteiger partial charge in [0.2, 0.25) is 0 Å². The van der Waals surface area contributed by atoms with Crippen LogP contribution in [-0.4, -0.2) is 0 Å². The maximum absolute atomic E-state index is 2.53. The van der Waals surface area contributed by atoms with Crippen molar-refractivity contribution in [3.63, 3.8) is 0 Å². The zero-order chi connectivity index (χ0) is 30.6. The zero-order valence-electron chi connectivity index (χ0n) is 26.0. The summed E-state index contributed by atoms with van der Waals surface area (Å²) in [6, 6.07) is 46.0. The molecule has 8 aromatic rings. The van der Waals surface area contributed by atoms with Crippen LogP contribution < -0.4 is 0 Å². The van der Waals surface area contributed by atoms with Gasteiger partial charge in [0, 0.05) is 20.4 Å². The predicted molar refractivity (Wildman–Crippen MR) is 200 cm³/mol. The van der Waals surface area contributed by atoms with Gasteiger partial charge in [-0.2, -0.15) is 0 Å². The van der Waals surface area contributed by atoms with Crippen molar-refractivity contribution in [2.75, 3.05) is 0 Å². The van der Waals surface area contributed by atoms with Gasteiger partial charge in [0.25, 0.3) is 0 Å². The summed E-state index contributed by atoms with van der Waals surface area (Å²) in [5, 5.41) is 9.27. The number of benzene rings is 7. The van der Waals surface area contributed by atoms with Gasteiger partial charge in [0.1, 0.15) is 0 Å². The zero-order valence-corrected chi connectivity index (χ0v) is 26.8. The van der Waals surface area contributed by atoms with E-state index >= 15 is 0 Å². The molecule has 1 heteroatoms. The van der Waals surface area contributed by atoms with Crippen LogP contribution in [0.2, 0.25) is 0 Å². The van der Waals surface area contributed by atoms with E-state index < -0.39 is 0 Å². The van der Waals surface area contributed by atoms with E-state index in [1.807, 2.05) is 11.3 Å². The van der Waals surface area contributed by atoms with Gasteiger partial charge in [-0.05, 0) is 113 Å². The number of hydrogen-bond acceptors (Lipinski definition) is 1. The predicted octanol–water partition coefficient (Wildman–Crippen LogP) is 13.0. The maximum atomic E-state index is 2.53. The van der Waals surface area contributed by atoms with Crippen LogP contribution in [0, 0.1) is 0 Å². The van der Waals surface area contributed by atoms with Crippen molar-refractivity contribution in [1.29, 1.82) is 0 Å². The molecule has 0 unspecified atom stereocenters. The summed E-state index contributed by atoms with van der Waals surface area (Å²) in [7, 11) is 0. The first-order chi connectivity index (χ1) is 22.6. The van der Waals surface area contributed by atoms with E-state index in [1.54, 1.807) is 0 Å². The Labute approximate surface area is 273 Å². The third kappa shape index (κ3) is 3.50. The van der Waals surface area contributed by atoms with E-state index in [-0.39, 0.29) is 5.41 Å². The number of fused-ring (bicyclic) bond motifs is 10. The molecule has 0 fully saturated rings. The summed E-state index contributed by atoms with van der Waals surface area (Å²) < 4.78 is 1.39. The Kier molecular flexibility index (Phi) is 5.43. The first kappa shape index (κ1) is 26.3. The molecule has 0 amide bonds. The molecule has 0 bridgehead atoms. The first-order valence-electron chi connectivity index (χ1n) is 16.4. The van der Waals surface area contributed by atoms with Crippen molar-refractivity contribution < 1.29 is 0 Å². The fourth-order valence-electron chi connectivity index (χ4n) is 8.59. The third-order valence-corrected chi connectivity index (χ3v) is 11.9. The van der Waals surface area contributed by atoms with Crippen molar-refractivity contribution in [3.8, 4) is 33.4 Å². The fourth-order valence-corrected chi connectivity index (χ4v) is 9.78. The van der Waals surface area contributed by atoms with E-state index in [9.17, 15) is 0 Å². The molecule has 218 valence electrons. The molecule has 0 radical (unpaired) electrons. The second-order valence-corrected chi connectivity index (χ2v) is 14.6. The molecule has 10 rings (SSSR count). The second kappa shape index (κ2) is 9.52. The number of allylic oxidation sites excluding steroid dienone is 1. The van der Waals surface area contributed by atoms with E-state index in [2.05, 4.69) is 147 Å². The molecule has 0 atom stereocenters. The Balaban J connectivity index is 1.32. The number of aryl methyl sites for hydroxylation is 1. The molecular weight excluding hydrogens is 573 g/mol. The Morgan fingerprint density at radius 2 is 1.13 bits per heavy atom. The maximum Gasteiger partial charge on any atom is 0.0352 e. The molecule has 1 aromatic heterocycles. The molecule has 0 N–H and O–H groups in total. The summed E-state index contributed by atoms with van der Waals surface area (Å²) in [4.78, 5) is 1.52. The van der Waals surface area contributed by atoms with Gasteiger partial charge in [0.15, 0.2) is 0 Å². The molecule has 0 aliphatic heterocycles. The Morgan fingerprint density at radius 1 is 0.522 bits per heavy atom. The molecular formula is C45H32S. The molecule has 2 aliphatic rings. The Bertz CT molecular complexity index is 2550. The van der Waals surface area contributed by atoms with Crippen molar-refractivity contribution in [3.05, 3.63) is 149 Å². The van der Waals surface area contributed by atoms with E-state index in [0.717, 1.165) is 12.8 Å². The Morgan fingerprint density at radius 3 is 1.85 bits per heavy atom. The molecule has 0 saturated heterocycles. The van der Waals surface area contributed by atoms with Crippen LogP contribution in [0.5, 0.6) is 0 Å². The topological polar surface area (TPSA) is 0 Å². The quantitative estimate of drug-likeness (QED) is 0.172. The van der Waals surface area contributed by atoms with E-state index in [4.69, 9.17) is 0 Å². The molecule has 1 heterocycles. The van der Waals surface area contributed by atoms with Gasteiger partial charge in [0.05, 0.1) is 0 Å². The van der Waals surface area contributed by atoms with Gasteiger partial charge < -0.3 is 0 Å². The molecule has 0 nitrogen and oxygen atoms in total. The summed E-state index contributed by atoms with van der Waals surface area (Å²) in [6.07, 6.45) is 6.97. The van der Waals surface area contributed by atoms with Gasteiger partial charge in [-0.3, -0.25) is 0 Å². The van der Waals surface area contributed by atoms with Gasteiger partial charge in [-0.25, -0.2) is 0 Å². The molecule has 2 aliphatic carbocycles. The van der Waals surface area contributed by atoms with Crippen LogP contribution in [0.1, 0.15) is 41.8 Å². The lowest BCUT2D eigenvalue weighted by molar-refractivity contribution is 0.661. The van der Waals surface area contributed by atoms with Crippen LogP contribution in [0.15, 0.2) is 127 Å². The van der Waals surface area contributed by atoms with Crippen LogP contribution in [0.3, 0.4) is 0 Å². The highest BCUT2D eigenvalue weighted by Crippen LogP contribution is 2.55. The van der Waals surface area contributed by atoms with Crippen molar-refractivity contribution in [1.82, 2.24) is 0 Å². The smallest absolute Gasteiger partial charge is 0.0352 e. The first-order valence-corrected chi connectivity index (χ1v) is 17.2. The van der Waals surface area contributed by atoms with Gasteiger partial charge in [-0.1, -0.05) is 129 Å². The van der Waals surface area contributed by atoms with Crippen molar-refractivity contribution >= 4 is 59.8 Å². The van der Waals surface area contributed by atoms with E-state index in [0.29, 0.717) is 0 Å². The molecule has 0 spiro atoms. The summed E-state index contributed by atoms with van der Waals surface area (Å²) in [6.45, 7) is 4.79. The highest BCUT2D eigenvalue weighted by atomic mass is 32.1. The minimum Gasteiger partial charge on any atom is -0.140 e. The third-order valence-electron chi connectivity index (χ3n) is 10.7. The average molecular weight is 605 g/mol. The monoisotopic (exact) mass is 604 g/mol. The number of thiophene rings is 1. The lowest BCUT2D eigenvalue weighted by Gasteiger charge is -2.24. The van der Waals surface area contributed by atoms with Crippen LogP contribution in [0.25, 0.3) is 81.9 Å². The Hall–Kier alpha value is -4.98. The fraction of sp³-hybridized carbons (Fsp3) is 0.111. The minimum absolute atomic E-state index is 0.0835.